The molecule has 0 spiro atoms. The second-order valence-corrected chi connectivity index (χ2v) is 30.6. The average Bonchev–Trinajstić information content (AvgIpc) is 1.58. The van der Waals surface area contributed by atoms with Crippen LogP contribution in [0.4, 0.5) is 68.2 Å². The lowest BCUT2D eigenvalue weighted by molar-refractivity contribution is 1.18. The standard InChI is InChI=1S/C54H37Br2N3.C54H39N3/c55-42-20-28-47(29-21-42)57(45-24-16-40(17-25-45)38-10-4-1-5-11-38)49-32-34-53-51(36-49)52-37-50(33-35-54(52)59(53)44-14-8-3-9-15-44)58(48-30-22-43(56)23-31-48)46-26-18-41(19-27-46)39-12-6-2-7-13-39;1-6-16-40(17-7-1)42-26-30-47(31-27-42)55(44-20-10-3-11-21-44)49-34-36-53-51(38-49)52-39-50(35-37-54(52)57(53)46-24-14-5-15-25-46)56(45-22-12-4-13-23-45)48-32-28-43(29-33-48)41-18-8-2-9-19-41/h1-37H;1-39H. The summed E-state index contributed by atoms with van der Waals surface area (Å²) in [5.74, 6) is 0. The largest absolute Gasteiger partial charge is 0.310 e. The van der Waals surface area contributed by atoms with Crippen LogP contribution in [0.25, 0.3) is 99.5 Å². The summed E-state index contributed by atoms with van der Waals surface area (Å²) in [4.78, 5) is 9.40. The van der Waals surface area contributed by atoms with Crippen LogP contribution in [0, 0.1) is 0 Å². The molecule has 0 fully saturated rings. The number of para-hydroxylation sites is 4. The van der Waals surface area contributed by atoms with Crippen LogP contribution in [-0.2, 0) is 0 Å². The summed E-state index contributed by atoms with van der Waals surface area (Å²) in [6.07, 6.45) is 0. The van der Waals surface area contributed by atoms with Crippen LogP contribution < -0.4 is 19.6 Å². The van der Waals surface area contributed by atoms with Crippen LogP contribution in [0.5, 0.6) is 0 Å². The van der Waals surface area contributed by atoms with Crippen molar-refractivity contribution in [2.24, 2.45) is 0 Å². The second-order valence-electron chi connectivity index (χ2n) is 28.8. The lowest BCUT2D eigenvalue weighted by Crippen LogP contribution is -2.10. The van der Waals surface area contributed by atoms with Crippen LogP contribution in [0.3, 0.4) is 0 Å². The van der Waals surface area contributed by atoms with E-state index in [1.807, 2.05) is 0 Å². The average molecular weight is 1620 g/mol. The third kappa shape index (κ3) is 14.6. The van der Waals surface area contributed by atoms with Crippen molar-refractivity contribution in [2.45, 2.75) is 0 Å². The smallest absolute Gasteiger partial charge is 0.0542 e. The highest BCUT2D eigenvalue weighted by Crippen LogP contribution is 2.47. The molecular weight excluding hydrogens is 1540 g/mol. The normalized spacial score (nSPS) is 11.2. The maximum Gasteiger partial charge on any atom is 0.0542 e. The van der Waals surface area contributed by atoms with E-state index in [1.54, 1.807) is 0 Å². The lowest BCUT2D eigenvalue weighted by atomic mass is 10.0. The molecule has 20 rings (SSSR count). The maximum absolute atomic E-state index is 3.67. The van der Waals surface area contributed by atoms with Gasteiger partial charge < -0.3 is 28.7 Å². The number of hydrogen-bond acceptors (Lipinski definition) is 4. The molecule has 8 heteroatoms. The Balaban J connectivity index is 0.000000155. The van der Waals surface area contributed by atoms with Gasteiger partial charge in [-0.05, 0) is 263 Å². The molecule has 0 aliphatic rings. The highest BCUT2D eigenvalue weighted by Gasteiger charge is 2.24. The van der Waals surface area contributed by atoms with Crippen LogP contribution >= 0.6 is 31.9 Å². The molecule has 2 heterocycles. The number of aromatic nitrogens is 2. The minimum atomic E-state index is 1.04. The first kappa shape index (κ1) is 72.0. The van der Waals surface area contributed by atoms with Gasteiger partial charge in [-0.2, -0.15) is 0 Å². The Kier molecular flexibility index (Phi) is 20.1. The van der Waals surface area contributed by atoms with Crippen molar-refractivity contribution < 1.29 is 0 Å². The van der Waals surface area contributed by atoms with Crippen molar-refractivity contribution in [1.29, 1.82) is 0 Å². The summed E-state index contributed by atoms with van der Waals surface area (Å²) >= 11 is 7.34. The van der Waals surface area contributed by atoms with E-state index in [0.717, 1.165) is 111 Å². The number of fused-ring (bicyclic) bond motifs is 6. The van der Waals surface area contributed by atoms with Gasteiger partial charge in [-0.15, -0.1) is 0 Å². The molecule has 18 aromatic carbocycles. The van der Waals surface area contributed by atoms with Crippen LogP contribution in [0.15, 0.2) is 470 Å². The van der Waals surface area contributed by atoms with E-state index < -0.39 is 0 Å². The Labute approximate surface area is 693 Å². The van der Waals surface area contributed by atoms with E-state index in [1.165, 1.54) is 66.1 Å². The van der Waals surface area contributed by atoms with Gasteiger partial charge in [0, 0.05) is 110 Å². The molecule has 0 radical (unpaired) electrons. The van der Waals surface area contributed by atoms with Crippen molar-refractivity contribution in [1.82, 2.24) is 9.13 Å². The number of hydrogen-bond donors (Lipinski definition) is 0. The fourth-order valence-corrected chi connectivity index (χ4v) is 16.7. The molecule has 0 aliphatic carbocycles. The van der Waals surface area contributed by atoms with Gasteiger partial charge in [0.1, 0.15) is 0 Å². The lowest BCUT2D eigenvalue weighted by Gasteiger charge is -2.26. The fraction of sp³-hybridized carbons (Fsp3) is 0. The molecule has 0 aliphatic heterocycles. The molecule has 552 valence electrons. The quantitative estimate of drug-likeness (QED) is 0.0854. The molecule has 116 heavy (non-hydrogen) atoms. The zero-order chi connectivity index (χ0) is 77.7. The van der Waals surface area contributed by atoms with Crippen molar-refractivity contribution in [3.8, 4) is 55.9 Å². The van der Waals surface area contributed by atoms with Crippen molar-refractivity contribution in [3.63, 3.8) is 0 Å². The van der Waals surface area contributed by atoms with E-state index in [0.29, 0.717) is 0 Å². The fourth-order valence-electron chi connectivity index (χ4n) is 16.1. The molecule has 0 saturated carbocycles. The molecule has 20 aromatic rings. The van der Waals surface area contributed by atoms with Gasteiger partial charge in [-0.25, -0.2) is 0 Å². The van der Waals surface area contributed by atoms with Gasteiger partial charge in [0.05, 0.1) is 22.1 Å². The SMILES string of the molecule is Brc1ccc(N(c2ccc(-c3ccccc3)cc2)c2ccc3c(c2)c2cc(N(c4ccc(Br)cc4)c4ccc(-c5ccccc5)cc4)ccc2n3-c2ccccc2)cc1.c1ccc(-c2ccc(N(c3ccccc3)c3ccc4c(c3)c3cc(N(c5ccccc5)c5ccc(-c6ccccc6)cc5)ccc3n4-c3ccccc3)cc2)cc1. The Hall–Kier alpha value is -14.3. The molecular formula is C108H76Br2N6. The van der Waals surface area contributed by atoms with Gasteiger partial charge in [0.2, 0.25) is 0 Å². The zero-order valence-electron chi connectivity index (χ0n) is 63.3. The summed E-state index contributed by atoms with van der Waals surface area (Å²) < 4.78 is 6.86. The van der Waals surface area contributed by atoms with E-state index in [9.17, 15) is 0 Å². The minimum absolute atomic E-state index is 1.04. The highest BCUT2D eigenvalue weighted by molar-refractivity contribution is 9.10. The zero-order valence-corrected chi connectivity index (χ0v) is 66.5. The summed E-state index contributed by atoms with van der Waals surface area (Å²) in [6, 6.07) is 165. The van der Waals surface area contributed by atoms with Gasteiger partial charge in [-0.3, -0.25) is 0 Å². The Bertz CT molecular complexity index is 6380. The van der Waals surface area contributed by atoms with E-state index >= 15 is 0 Å². The molecule has 0 N–H and O–H groups in total. The van der Waals surface area contributed by atoms with Gasteiger partial charge in [0.15, 0.2) is 0 Å². The van der Waals surface area contributed by atoms with Crippen LogP contribution in [0.1, 0.15) is 0 Å². The first-order valence-corrected chi connectivity index (χ1v) is 40.7. The summed E-state index contributed by atoms with van der Waals surface area (Å²) in [5.41, 5.74) is 29.5. The maximum atomic E-state index is 3.67. The molecule has 0 amide bonds. The van der Waals surface area contributed by atoms with E-state index in [-0.39, 0.29) is 0 Å². The third-order valence-corrected chi connectivity index (χ3v) is 22.7. The van der Waals surface area contributed by atoms with Crippen LogP contribution in [0.2, 0.25) is 0 Å². The third-order valence-electron chi connectivity index (χ3n) is 21.7. The minimum Gasteiger partial charge on any atom is -0.310 e. The Morgan fingerprint density at radius 2 is 0.310 bits per heavy atom. The van der Waals surface area contributed by atoms with Crippen molar-refractivity contribution >= 4 is 144 Å². The van der Waals surface area contributed by atoms with Crippen LogP contribution in [-0.4, -0.2) is 9.13 Å². The predicted octanol–water partition coefficient (Wildman–Crippen LogP) is 31.6. The molecule has 0 saturated heterocycles. The number of rotatable bonds is 18. The molecule has 0 unspecified atom stereocenters. The van der Waals surface area contributed by atoms with Gasteiger partial charge in [0.25, 0.3) is 0 Å². The van der Waals surface area contributed by atoms with E-state index in [2.05, 4.69) is 522 Å². The number of benzene rings is 18. The molecule has 0 atom stereocenters. The Morgan fingerprint density at radius 1 is 0.147 bits per heavy atom. The van der Waals surface area contributed by atoms with Gasteiger partial charge in [-0.1, -0.05) is 275 Å². The number of anilines is 12. The summed E-state index contributed by atoms with van der Waals surface area (Å²) in [5, 5.41) is 4.70. The van der Waals surface area contributed by atoms with Crippen molar-refractivity contribution in [3.05, 3.63) is 470 Å². The Morgan fingerprint density at radius 3 is 0.526 bits per heavy atom. The topological polar surface area (TPSA) is 22.8 Å². The van der Waals surface area contributed by atoms with Gasteiger partial charge >= 0.3 is 0 Å². The predicted molar refractivity (Wildman–Crippen MR) is 497 cm³/mol. The molecule has 0 bridgehead atoms. The molecule has 6 nitrogen and oxygen atoms in total. The molecule has 2 aromatic heterocycles. The van der Waals surface area contributed by atoms with Crippen molar-refractivity contribution in [2.75, 3.05) is 19.6 Å². The summed E-state index contributed by atoms with van der Waals surface area (Å²) in [6.45, 7) is 0. The first-order valence-electron chi connectivity index (χ1n) is 39.1. The second kappa shape index (κ2) is 32.4. The summed E-state index contributed by atoms with van der Waals surface area (Å²) in [7, 11) is 0. The number of halogens is 2. The monoisotopic (exact) mass is 1610 g/mol. The van der Waals surface area contributed by atoms with E-state index in [4.69, 9.17) is 0 Å². The first-order chi connectivity index (χ1) is 57.3. The number of nitrogens with zero attached hydrogens (tertiary/aromatic N) is 6. The highest BCUT2D eigenvalue weighted by atomic mass is 79.9.